The van der Waals surface area contributed by atoms with Crippen molar-refractivity contribution in [2.24, 2.45) is 7.05 Å². The van der Waals surface area contributed by atoms with Crippen molar-refractivity contribution in [3.8, 4) is 5.75 Å². The summed E-state index contributed by atoms with van der Waals surface area (Å²) in [5, 5.41) is 6.27. The number of benzene rings is 2. The van der Waals surface area contributed by atoms with E-state index < -0.39 is 0 Å². The van der Waals surface area contributed by atoms with Crippen LogP contribution in [-0.2, 0) is 13.6 Å². The number of likely N-dealkylation sites (N-methyl/N-ethyl adjacent to an activating group) is 1. The highest BCUT2D eigenvalue weighted by atomic mass is 16.5. The maximum absolute atomic E-state index is 12.7. The van der Waals surface area contributed by atoms with Crippen molar-refractivity contribution >= 4 is 17.3 Å². The molecule has 1 aromatic heterocycles. The first-order valence-electron chi connectivity index (χ1n) is 9.92. The van der Waals surface area contributed by atoms with Crippen molar-refractivity contribution in [2.75, 3.05) is 37.9 Å². The number of carbonyl (C=O) groups excluding carboxylic acids is 1. The van der Waals surface area contributed by atoms with E-state index >= 15 is 0 Å². The molecule has 1 amide bonds. The SMILES string of the molecule is Cc1ccc(NC(=O)c2ccc(NCc3nccn3C)cc2)c(OCCN(C)C)c1. The van der Waals surface area contributed by atoms with Crippen molar-refractivity contribution < 1.29 is 9.53 Å². The first kappa shape index (κ1) is 21.4. The topological polar surface area (TPSA) is 71.4 Å². The zero-order valence-electron chi connectivity index (χ0n) is 18.0. The Balaban J connectivity index is 1.62. The molecular formula is C23H29N5O2. The van der Waals surface area contributed by atoms with Crippen LogP contribution in [0.15, 0.2) is 54.9 Å². The first-order chi connectivity index (χ1) is 14.4. The lowest BCUT2D eigenvalue weighted by molar-refractivity contribution is 0.102. The van der Waals surface area contributed by atoms with Crippen LogP contribution in [0, 0.1) is 6.92 Å². The predicted molar refractivity (Wildman–Crippen MR) is 120 cm³/mol. The van der Waals surface area contributed by atoms with Gasteiger partial charge in [-0.05, 0) is 63.0 Å². The Bertz CT molecular complexity index is 980. The van der Waals surface area contributed by atoms with E-state index in [0.717, 1.165) is 23.6 Å². The summed E-state index contributed by atoms with van der Waals surface area (Å²) in [4.78, 5) is 19.1. The van der Waals surface area contributed by atoms with E-state index in [4.69, 9.17) is 4.74 Å². The van der Waals surface area contributed by atoms with Crippen LogP contribution < -0.4 is 15.4 Å². The van der Waals surface area contributed by atoms with Gasteiger partial charge in [0.15, 0.2) is 0 Å². The van der Waals surface area contributed by atoms with E-state index in [0.29, 0.717) is 30.2 Å². The van der Waals surface area contributed by atoms with Crippen LogP contribution in [0.1, 0.15) is 21.7 Å². The summed E-state index contributed by atoms with van der Waals surface area (Å²) < 4.78 is 7.85. The molecule has 7 heteroatoms. The number of aryl methyl sites for hydroxylation is 2. The molecule has 0 saturated carbocycles. The number of nitrogens with one attached hydrogen (secondary N) is 2. The number of aromatic nitrogens is 2. The van der Waals surface area contributed by atoms with Crippen LogP contribution in [-0.4, -0.2) is 47.6 Å². The molecule has 0 aliphatic rings. The maximum Gasteiger partial charge on any atom is 0.255 e. The fourth-order valence-corrected chi connectivity index (χ4v) is 2.87. The molecule has 0 aliphatic carbocycles. The van der Waals surface area contributed by atoms with Gasteiger partial charge in [-0.2, -0.15) is 0 Å². The molecule has 2 aromatic carbocycles. The Labute approximate surface area is 177 Å². The molecule has 30 heavy (non-hydrogen) atoms. The minimum absolute atomic E-state index is 0.174. The standard InChI is InChI=1S/C23H29N5O2/c1-17-5-10-20(21(15-17)30-14-13-27(2)3)26-23(29)18-6-8-19(9-7-18)25-16-22-24-11-12-28(22)4/h5-12,15,25H,13-14,16H2,1-4H3,(H,26,29). The van der Waals surface area contributed by atoms with Gasteiger partial charge in [0.1, 0.15) is 18.2 Å². The van der Waals surface area contributed by atoms with E-state index in [1.54, 1.807) is 18.3 Å². The summed E-state index contributed by atoms with van der Waals surface area (Å²) >= 11 is 0. The lowest BCUT2D eigenvalue weighted by Crippen LogP contribution is -2.20. The molecule has 0 bridgehead atoms. The lowest BCUT2D eigenvalue weighted by atomic mass is 10.1. The molecule has 7 nitrogen and oxygen atoms in total. The predicted octanol–water partition coefficient (Wildman–Crippen LogP) is 3.53. The Morgan fingerprint density at radius 2 is 1.93 bits per heavy atom. The Morgan fingerprint density at radius 3 is 2.60 bits per heavy atom. The molecule has 0 radical (unpaired) electrons. The van der Waals surface area contributed by atoms with Gasteiger partial charge < -0.3 is 24.8 Å². The molecule has 0 saturated heterocycles. The fourth-order valence-electron chi connectivity index (χ4n) is 2.87. The van der Waals surface area contributed by atoms with Crippen molar-refractivity contribution in [1.82, 2.24) is 14.5 Å². The molecular weight excluding hydrogens is 378 g/mol. The Hall–Kier alpha value is -3.32. The van der Waals surface area contributed by atoms with E-state index in [1.807, 2.05) is 69.2 Å². The number of carbonyl (C=O) groups is 1. The highest BCUT2D eigenvalue weighted by Gasteiger charge is 2.11. The third-order valence-electron chi connectivity index (χ3n) is 4.70. The average Bonchev–Trinajstić information content (AvgIpc) is 3.13. The minimum atomic E-state index is -0.174. The number of hydrogen-bond donors (Lipinski definition) is 2. The monoisotopic (exact) mass is 407 g/mol. The third-order valence-corrected chi connectivity index (χ3v) is 4.70. The number of ether oxygens (including phenoxy) is 1. The molecule has 0 fully saturated rings. The van der Waals surface area contributed by atoms with Gasteiger partial charge in [0.25, 0.3) is 5.91 Å². The van der Waals surface area contributed by atoms with Crippen LogP contribution in [0.4, 0.5) is 11.4 Å². The second-order valence-corrected chi connectivity index (χ2v) is 7.49. The van der Waals surface area contributed by atoms with Gasteiger partial charge in [-0.15, -0.1) is 0 Å². The molecule has 0 aliphatic heterocycles. The van der Waals surface area contributed by atoms with Gasteiger partial charge in [-0.25, -0.2) is 4.98 Å². The molecule has 1 heterocycles. The second kappa shape index (κ2) is 9.93. The second-order valence-electron chi connectivity index (χ2n) is 7.49. The van der Waals surface area contributed by atoms with Crippen molar-refractivity contribution in [1.29, 1.82) is 0 Å². The molecule has 0 atom stereocenters. The van der Waals surface area contributed by atoms with E-state index in [2.05, 4.69) is 20.5 Å². The fraction of sp³-hybridized carbons (Fsp3) is 0.304. The van der Waals surface area contributed by atoms with Gasteiger partial charge >= 0.3 is 0 Å². The molecule has 3 rings (SSSR count). The van der Waals surface area contributed by atoms with Crippen molar-refractivity contribution in [2.45, 2.75) is 13.5 Å². The highest BCUT2D eigenvalue weighted by molar-refractivity contribution is 6.05. The van der Waals surface area contributed by atoms with Gasteiger partial charge in [-0.3, -0.25) is 4.79 Å². The van der Waals surface area contributed by atoms with Crippen LogP contribution in [0.25, 0.3) is 0 Å². The molecule has 0 unspecified atom stereocenters. The summed E-state index contributed by atoms with van der Waals surface area (Å²) in [7, 11) is 5.95. The zero-order valence-corrected chi connectivity index (χ0v) is 18.0. The maximum atomic E-state index is 12.7. The van der Waals surface area contributed by atoms with Crippen molar-refractivity contribution in [3.05, 3.63) is 71.8 Å². The van der Waals surface area contributed by atoms with Gasteiger partial charge in [-0.1, -0.05) is 6.07 Å². The summed E-state index contributed by atoms with van der Waals surface area (Å²) in [5.41, 5.74) is 3.26. The summed E-state index contributed by atoms with van der Waals surface area (Å²) in [6.07, 6.45) is 3.68. The highest BCUT2D eigenvalue weighted by Crippen LogP contribution is 2.26. The molecule has 2 N–H and O–H groups in total. The van der Waals surface area contributed by atoms with Gasteiger partial charge in [0, 0.05) is 37.2 Å². The largest absolute Gasteiger partial charge is 0.490 e. The summed E-state index contributed by atoms with van der Waals surface area (Å²) in [6, 6.07) is 13.2. The van der Waals surface area contributed by atoms with E-state index in [-0.39, 0.29) is 5.91 Å². The van der Waals surface area contributed by atoms with Crippen LogP contribution in [0.2, 0.25) is 0 Å². The summed E-state index contributed by atoms with van der Waals surface area (Å²) in [5.74, 6) is 1.45. The quantitative estimate of drug-likeness (QED) is 0.568. The molecule has 0 spiro atoms. The lowest BCUT2D eigenvalue weighted by Gasteiger charge is -2.15. The van der Waals surface area contributed by atoms with E-state index in [1.165, 1.54) is 0 Å². The van der Waals surface area contributed by atoms with Crippen LogP contribution >= 0.6 is 0 Å². The van der Waals surface area contributed by atoms with E-state index in [9.17, 15) is 4.79 Å². The number of amides is 1. The molecule has 158 valence electrons. The first-order valence-corrected chi connectivity index (χ1v) is 9.92. The molecule has 3 aromatic rings. The smallest absolute Gasteiger partial charge is 0.255 e. The normalized spacial score (nSPS) is 10.8. The Kier molecular flexibility index (Phi) is 7.08. The number of hydrogen-bond acceptors (Lipinski definition) is 5. The van der Waals surface area contributed by atoms with Crippen molar-refractivity contribution in [3.63, 3.8) is 0 Å². The number of anilines is 2. The van der Waals surface area contributed by atoms with Crippen LogP contribution in [0.5, 0.6) is 5.75 Å². The summed E-state index contributed by atoms with van der Waals surface area (Å²) in [6.45, 7) is 3.97. The van der Waals surface area contributed by atoms with Gasteiger partial charge in [0.2, 0.25) is 0 Å². The third kappa shape index (κ3) is 5.84. The van der Waals surface area contributed by atoms with Gasteiger partial charge in [0.05, 0.1) is 12.2 Å². The number of imidazole rings is 1. The number of rotatable bonds is 9. The zero-order chi connectivity index (χ0) is 21.5. The number of nitrogens with zero attached hydrogens (tertiary/aromatic N) is 3. The van der Waals surface area contributed by atoms with Crippen LogP contribution in [0.3, 0.4) is 0 Å². The average molecular weight is 408 g/mol. The minimum Gasteiger partial charge on any atom is -0.490 e. The Morgan fingerprint density at radius 1 is 1.17 bits per heavy atom.